The van der Waals surface area contributed by atoms with E-state index in [1.807, 2.05) is 19.1 Å². The van der Waals surface area contributed by atoms with Crippen LogP contribution in [0.2, 0.25) is 5.15 Å². The van der Waals surface area contributed by atoms with Crippen LogP contribution in [0.15, 0.2) is 41.0 Å². The first-order chi connectivity index (χ1) is 10.5. The van der Waals surface area contributed by atoms with Gasteiger partial charge in [0.15, 0.2) is 6.61 Å². The lowest BCUT2D eigenvalue weighted by Crippen LogP contribution is -2.21. The Balaban J connectivity index is 1.91. The van der Waals surface area contributed by atoms with E-state index in [9.17, 15) is 9.59 Å². The molecule has 0 saturated heterocycles. The normalized spacial score (nSPS) is 10.1. The molecule has 0 aliphatic heterocycles. The van der Waals surface area contributed by atoms with Crippen LogP contribution in [0.25, 0.3) is 0 Å². The van der Waals surface area contributed by atoms with Gasteiger partial charge in [-0.05, 0) is 42.8 Å². The van der Waals surface area contributed by atoms with Gasteiger partial charge >= 0.3 is 5.97 Å². The standard InChI is InChI=1S/C15H12BrClN2O3/c1-9-7-10(4-5-12(9)16)19-13(20)8-22-15(21)11-3-2-6-18-14(11)17/h2-7H,8H2,1H3,(H,19,20). The molecule has 7 heteroatoms. The molecule has 0 saturated carbocycles. The summed E-state index contributed by atoms with van der Waals surface area (Å²) in [6.45, 7) is 1.50. The van der Waals surface area contributed by atoms with Crippen LogP contribution in [-0.2, 0) is 9.53 Å². The smallest absolute Gasteiger partial charge is 0.341 e. The number of halogens is 2. The molecule has 1 amide bonds. The number of benzene rings is 1. The Kier molecular flexibility index (Phi) is 5.51. The highest BCUT2D eigenvalue weighted by Crippen LogP contribution is 2.20. The zero-order chi connectivity index (χ0) is 16.1. The maximum Gasteiger partial charge on any atom is 0.341 e. The van der Waals surface area contributed by atoms with E-state index >= 15 is 0 Å². The highest BCUT2D eigenvalue weighted by Gasteiger charge is 2.14. The second kappa shape index (κ2) is 7.38. The molecule has 0 bridgehead atoms. The number of aromatic nitrogens is 1. The Morgan fingerprint density at radius 2 is 2.14 bits per heavy atom. The monoisotopic (exact) mass is 382 g/mol. The SMILES string of the molecule is Cc1cc(NC(=O)COC(=O)c2cccnc2Cl)ccc1Br. The van der Waals surface area contributed by atoms with E-state index in [4.69, 9.17) is 16.3 Å². The van der Waals surface area contributed by atoms with Crippen molar-refractivity contribution in [3.05, 3.63) is 57.3 Å². The van der Waals surface area contributed by atoms with Gasteiger partial charge in [-0.15, -0.1) is 0 Å². The summed E-state index contributed by atoms with van der Waals surface area (Å²) >= 11 is 9.16. The van der Waals surface area contributed by atoms with Gasteiger partial charge in [0.2, 0.25) is 0 Å². The van der Waals surface area contributed by atoms with Gasteiger partial charge in [0, 0.05) is 16.4 Å². The molecule has 0 unspecified atom stereocenters. The molecule has 1 N–H and O–H groups in total. The summed E-state index contributed by atoms with van der Waals surface area (Å²) in [7, 11) is 0. The highest BCUT2D eigenvalue weighted by atomic mass is 79.9. The van der Waals surface area contributed by atoms with Crippen molar-refractivity contribution in [3.63, 3.8) is 0 Å². The first-order valence-electron chi connectivity index (χ1n) is 6.31. The average Bonchev–Trinajstić information content (AvgIpc) is 2.49. The molecule has 0 radical (unpaired) electrons. The summed E-state index contributed by atoms with van der Waals surface area (Å²) in [6, 6.07) is 8.42. The van der Waals surface area contributed by atoms with Crippen LogP contribution in [0.1, 0.15) is 15.9 Å². The van der Waals surface area contributed by atoms with Crippen molar-refractivity contribution in [3.8, 4) is 0 Å². The van der Waals surface area contributed by atoms with Gasteiger partial charge in [-0.25, -0.2) is 9.78 Å². The number of hydrogen-bond acceptors (Lipinski definition) is 4. The molecule has 5 nitrogen and oxygen atoms in total. The number of anilines is 1. The Morgan fingerprint density at radius 1 is 1.36 bits per heavy atom. The number of ether oxygens (including phenoxy) is 1. The zero-order valence-corrected chi connectivity index (χ0v) is 13.9. The Hall–Kier alpha value is -1.92. The third kappa shape index (κ3) is 4.29. The third-order valence-electron chi connectivity index (χ3n) is 2.76. The second-order valence-corrected chi connectivity index (χ2v) is 5.64. The quantitative estimate of drug-likeness (QED) is 0.647. The summed E-state index contributed by atoms with van der Waals surface area (Å²) in [5.41, 5.74) is 1.73. The Bertz CT molecular complexity index is 722. The molecule has 0 aliphatic carbocycles. The minimum atomic E-state index is -0.694. The summed E-state index contributed by atoms with van der Waals surface area (Å²) in [5, 5.41) is 2.68. The van der Waals surface area contributed by atoms with Gasteiger partial charge in [-0.1, -0.05) is 27.5 Å². The van der Waals surface area contributed by atoms with Crippen molar-refractivity contribution < 1.29 is 14.3 Å². The van der Waals surface area contributed by atoms with Crippen molar-refractivity contribution in [1.82, 2.24) is 4.98 Å². The molecular formula is C15H12BrClN2O3. The lowest BCUT2D eigenvalue weighted by Gasteiger charge is -2.08. The molecule has 1 heterocycles. The maximum atomic E-state index is 11.8. The molecule has 2 rings (SSSR count). The number of nitrogens with one attached hydrogen (secondary N) is 1. The highest BCUT2D eigenvalue weighted by molar-refractivity contribution is 9.10. The first-order valence-corrected chi connectivity index (χ1v) is 7.48. The lowest BCUT2D eigenvalue weighted by molar-refractivity contribution is -0.119. The fraction of sp³-hybridized carbons (Fsp3) is 0.133. The molecule has 0 spiro atoms. The van der Waals surface area contributed by atoms with Crippen molar-refractivity contribution in [2.24, 2.45) is 0 Å². The van der Waals surface area contributed by atoms with Crippen LogP contribution in [0.5, 0.6) is 0 Å². The molecule has 0 atom stereocenters. The number of amides is 1. The van der Waals surface area contributed by atoms with Gasteiger partial charge in [0.25, 0.3) is 5.91 Å². The predicted octanol–water partition coefficient (Wildman–Crippen LogP) is 3.60. The number of aryl methyl sites for hydroxylation is 1. The minimum absolute atomic E-state index is 0.0384. The second-order valence-electron chi connectivity index (χ2n) is 4.43. The molecule has 0 aliphatic rings. The van der Waals surface area contributed by atoms with Crippen LogP contribution < -0.4 is 5.32 Å². The number of hydrogen-bond donors (Lipinski definition) is 1. The number of nitrogens with zero attached hydrogens (tertiary/aromatic N) is 1. The number of carbonyl (C=O) groups is 2. The molecule has 0 fully saturated rings. The van der Waals surface area contributed by atoms with E-state index in [-0.39, 0.29) is 10.7 Å². The van der Waals surface area contributed by atoms with Crippen molar-refractivity contribution in [2.45, 2.75) is 6.92 Å². The van der Waals surface area contributed by atoms with E-state index in [2.05, 4.69) is 26.2 Å². The number of carbonyl (C=O) groups excluding carboxylic acids is 2. The number of pyridine rings is 1. The van der Waals surface area contributed by atoms with Gasteiger partial charge in [0.1, 0.15) is 5.15 Å². The van der Waals surface area contributed by atoms with Crippen LogP contribution >= 0.6 is 27.5 Å². The topological polar surface area (TPSA) is 68.3 Å². The zero-order valence-electron chi connectivity index (χ0n) is 11.6. The van der Waals surface area contributed by atoms with E-state index < -0.39 is 18.5 Å². The van der Waals surface area contributed by atoms with E-state index in [0.29, 0.717) is 5.69 Å². The lowest BCUT2D eigenvalue weighted by atomic mass is 10.2. The summed E-state index contributed by atoms with van der Waals surface area (Å²) < 4.78 is 5.86. The fourth-order valence-corrected chi connectivity index (χ4v) is 2.11. The molecule has 22 heavy (non-hydrogen) atoms. The van der Waals surface area contributed by atoms with Crippen LogP contribution in [0.3, 0.4) is 0 Å². The first kappa shape index (κ1) is 16.5. The summed E-state index contributed by atoms with van der Waals surface area (Å²) in [6.07, 6.45) is 1.46. The van der Waals surface area contributed by atoms with Crippen molar-refractivity contribution in [2.75, 3.05) is 11.9 Å². The minimum Gasteiger partial charge on any atom is -0.452 e. The van der Waals surface area contributed by atoms with Gasteiger partial charge < -0.3 is 10.1 Å². The van der Waals surface area contributed by atoms with Crippen LogP contribution in [-0.4, -0.2) is 23.5 Å². The number of esters is 1. The van der Waals surface area contributed by atoms with Gasteiger partial charge in [0.05, 0.1) is 5.56 Å². The number of rotatable bonds is 4. The van der Waals surface area contributed by atoms with E-state index in [1.54, 1.807) is 12.1 Å². The van der Waals surface area contributed by atoms with Crippen LogP contribution in [0.4, 0.5) is 5.69 Å². The Morgan fingerprint density at radius 3 is 2.82 bits per heavy atom. The Labute approximate surface area is 140 Å². The van der Waals surface area contributed by atoms with Crippen molar-refractivity contribution in [1.29, 1.82) is 0 Å². The molecule has 2 aromatic rings. The van der Waals surface area contributed by atoms with Gasteiger partial charge in [-0.3, -0.25) is 4.79 Å². The average molecular weight is 384 g/mol. The molecule has 1 aromatic carbocycles. The third-order valence-corrected chi connectivity index (χ3v) is 3.95. The molecule has 1 aromatic heterocycles. The summed E-state index contributed by atoms with van der Waals surface area (Å²) in [5.74, 6) is -1.13. The van der Waals surface area contributed by atoms with Gasteiger partial charge in [-0.2, -0.15) is 0 Å². The van der Waals surface area contributed by atoms with Crippen molar-refractivity contribution >= 4 is 45.1 Å². The van der Waals surface area contributed by atoms with E-state index in [1.165, 1.54) is 12.3 Å². The maximum absolute atomic E-state index is 11.8. The molecule has 114 valence electrons. The van der Waals surface area contributed by atoms with E-state index in [0.717, 1.165) is 10.0 Å². The summed E-state index contributed by atoms with van der Waals surface area (Å²) in [4.78, 5) is 27.3. The molecular weight excluding hydrogens is 372 g/mol. The predicted molar refractivity (Wildman–Crippen MR) is 87.0 cm³/mol. The largest absolute Gasteiger partial charge is 0.452 e. The van der Waals surface area contributed by atoms with Crippen LogP contribution in [0, 0.1) is 6.92 Å². The fourth-order valence-electron chi connectivity index (χ4n) is 1.67.